The van der Waals surface area contributed by atoms with Crippen molar-refractivity contribution in [3.05, 3.63) is 54.1 Å². The molecule has 0 saturated heterocycles. The van der Waals surface area contributed by atoms with Crippen molar-refractivity contribution in [2.75, 3.05) is 13.1 Å². The maximum Gasteiger partial charge on any atom is 0.407 e. The van der Waals surface area contributed by atoms with Gasteiger partial charge in [-0.2, -0.15) is 0 Å². The van der Waals surface area contributed by atoms with Gasteiger partial charge in [-0.3, -0.25) is 0 Å². The SMILES string of the molecule is C=CC(=C)c1cc(F)c(CNCC(O)CNC(=O)OC(C)(C)C)c(F)c1. The van der Waals surface area contributed by atoms with Gasteiger partial charge in [-0.25, -0.2) is 13.6 Å². The molecule has 0 spiro atoms. The second-order valence-corrected chi connectivity index (χ2v) is 6.82. The highest BCUT2D eigenvalue weighted by atomic mass is 19.1. The van der Waals surface area contributed by atoms with Crippen molar-refractivity contribution in [1.29, 1.82) is 0 Å². The van der Waals surface area contributed by atoms with Gasteiger partial charge >= 0.3 is 6.09 Å². The van der Waals surface area contributed by atoms with Crippen molar-refractivity contribution in [2.24, 2.45) is 0 Å². The Bertz CT molecular complexity index is 646. The van der Waals surface area contributed by atoms with Crippen LogP contribution in [0.2, 0.25) is 0 Å². The first-order chi connectivity index (χ1) is 12.0. The average Bonchev–Trinajstić information content (AvgIpc) is 2.52. The number of halogens is 2. The summed E-state index contributed by atoms with van der Waals surface area (Å²) < 4.78 is 33.1. The maximum absolute atomic E-state index is 14.1. The van der Waals surface area contributed by atoms with E-state index in [9.17, 15) is 18.7 Å². The summed E-state index contributed by atoms with van der Waals surface area (Å²) in [7, 11) is 0. The first-order valence-electron chi connectivity index (χ1n) is 8.18. The summed E-state index contributed by atoms with van der Waals surface area (Å²) in [6.45, 7) is 12.2. The number of alkyl carbamates (subject to hydrolysis) is 1. The van der Waals surface area contributed by atoms with Crippen LogP contribution in [0.3, 0.4) is 0 Å². The first-order valence-corrected chi connectivity index (χ1v) is 8.18. The number of hydrogen-bond acceptors (Lipinski definition) is 4. The van der Waals surface area contributed by atoms with Gasteiger partial charge in [-0.15, -0.1) is 0 Å². The monoisotopic (exact) mass is 368 g/mol. The maximum atomic E-state index is 14.1. The molecule has 1 rings (SSSR count). The van der Waals surface area contributed by atoms with Gasteiger partial charge in [0.2, 0.25) is 0 Å². The lowest BCUT2D eigenvalue weighted by atomic mass is 10.0. The first kappa shape index (κ1) is 21.8. The zero-order chi connectivity index (χ0) is 19.9. The van der Waals surface area contributed by atoms with Crippen LogP contribution in [0, 0.1) is 11.6 Å². The van der Waals surface area contributed by atoms with Gasteiger partial charge < -0.3 is 20.5 Å². The topological polar surface area (TPSA) is 70.6 Å². The zero-order valence-electron chi connectivity index (χ0n) is 15.4. The Morgan fingerprint density at radius 2 is 1.88 bits per heavy atom. The minimum absolute atomic E-state index is 0.0375. The van der Waals surface area contributed by atoms with Gasteiger partial charge in [0.1, 0.15) is 17.2 Å². The predicted octanol–water partition coefficient (Wildman–Crippen LogP) is 3.14. The average molecular weight is 368 g/mol. The molecular formula is C19H26F2N2O3. The Morgan fingerprint density at radius 3 is 2.38 bits per heavy atom. The number of rotatable bonds is 8. The van der Waals surface area contributed by atoms with E-state index in [1.54, 1.807) is 20.8 Å². The molecule has 0 radical (unpaired) electrons. The Labute approximate surface area is 152 Å². The van der Waals surface area contributed by atoms with Gasteiger partial charge in [0.15, 0.2) is 0 Å². The molecule has 0 aliphatic heterocycles. The summed E-state index contributed by atoms with van der Waals surface area (Å²) in [5, 5.41) is 15.0. The van der Waals surface area contributed by atoms with Crippen LogP contribution in [0.25, 0.3) is 5.57 Å². The quantitative estimate of drug-likeness (QED) is 0.617. The van der Waals surface area contributed by atoms with Gasteiger partial charge in [-0.05, 0) is 44.0 Å². The molecule has 1 aromatic carbocycles. The summed E-state index contributed by atoms with van der Waals surface area (Å²) in [5.74, 6) is -1.42. The fraction of sp³-hybridized carbons (Fsp3) is 0.421. The standard InChI is InChI=1S/C19H26F2N2O3/c1-6-12(2)13-7-16(20)15(17(21)8-13)11-22-9-14(24)10-23-18(25)26-19(3,4)5/h6-8,14,22,24H,1-2,9-11H2,3-5H3,(H,23,25). The van der Waals surface area contributed by atoms with Crippen LogP contribution in [0.5, 0.6) is 0 Å². The molecule has 0 aromatic heterocycles. The van der Waals surface area contributed by atoms with Crippen LogP contribution >= 0.6 is 0 Å². The summed E-state index contributed by atoms with van der Waals surface area (Å²) in [4.78, 5) is 11.5. The zero-order valence-corrected chi connectivity index (χ0v) is 15.4. The van der Waals surface area contributed by atoms with Crippen LogP contribution in [-0.4, -0.2) is 36.0 Å². The van der Waals surface area contributed by atoms with E-state index in [2.05, 4.69) is 23.8 Å². The van der Waals surface area contributed by atoms with Crippen LogP contribution in [0.1, 0.15) is 31.9 Å². The lowest BCUT2D eigenvalue weighted by Crippen LogP contribution is -2.40. The lowest BCUT2D eigenvalue weighted by molar-refractivity contribution is 0.0492. The van der Waals surface area contributed by atoms with Gasteiger partial charge in [-0.1, -0.05) is 19.2 Å². The fourth-order valence-electron chi connectivity index (χ4n) is 2.03. The lowest BCUT2D eigenvalue weighted by Gasteiger charge is -2.20. The molecule has 1 amide bonds. The highest BCUT2D eigenvalue weighted by Crippen LogP contribution is 2.20. The molecule has 0 fully saturated rings. The second kappa shape index (κ2) is 9.45. The summed E-state index contributed by atoms with van der Waals surface area (Å²) in [6.07, 6.45) is -0.166. The Hall–Kier alpha value is -2.25. The molecule has 1 unspecified atom stereocenters. The van der Waals surface area contributed by atoms with Crippen LogP contribution < -0.4 is 10.6 Å². The Balaban J connectivity index is 2.49. The molecule has 144 valence electrons. The molecule has 0 bridgehead atoms. The minimum Gasteiger partial charge on any atom is -0.444 e. The Morgan fingerprint density at radius 1 is 1.31 bits per heavy atom. The summed E-state index contributed by atoms with van der Waals surface area (Å²) in [5.41, 5.74) is -0.0324. The van der Waals surface area contributed by atoms with E-state index in [1.807, 2.05) is 0 Å². The number of amides is 1. The molecule has 5 nitrogen and oxygen atoms in total. The van der Waals surface area contributed by atoms with E-state index in [0.717, 1.165) is 0 Å². The number of hydrogen-bond donors (Lipinski definition) is 3. The molecule has 0 heterocycles. The van der Waals surface area contributed by atoms with Crippen molar-refractivity contribution in [1.82, 2.24) is 10.6 Å². The highest BCUT2D eigenvalue weighted by molar-refractivity contribution is 5.71. The number of aliphatic hydroxyl groups is 1. The number of ether oxygens (including phenoxy) is 1. The Kier molecular flexibility index (Phi) is 7.92. The van der Waals surface area contributed by atoms with Crippen molar-refractivity contribution >= 4 is 11.7 Å². The van der Waals surface area contributed by atoms with E-state index in [4.69, 9.17) is 4.74 Å². The number of nitrogens with one attached hydrogen (secondary N) is 2. The third kappa shape index (κ3) is 7.33. The van der Waals surface area contributed by atoms with Crippen molar-refractivity contribution in [2.45, 2.75) is 39.0 Å². The van der Waals surface area contributed by atoms with E-state index in [1.165, 1.54) is 18.2 Å². The van der Waals surface area contributed by atoms with Crippen molar-refractivity contribution < 1.29 is 23.4 Å². The van der Waals surface area contributed by atoms with Crippen molar-refractivity contribution in [3.8, 4) is 0 Å². The normalized spacial score (nSPS) is 12.4. The molecular weight excluding hydrogens is 342 g/mol. The van der Waals surface area contributed by atoms with E-state index in [0.29, 0.717) is 11.1 Å². The second-order valence-electron chi connectivity index (χ2n) is 6.82. The van der Waals surface area contributed by atoms with Gasteiger partial charge in [0.05, 0.1) is 6.10 Å². The molecule has 0 aliphatic carbocycles. The van der Waals surface area contributed by atoms with Gasteiger partial charge in [0, 0.05) is 25.2 Å². The predicted molar refractivity (Wildman–Crippen MR) is 97.5 cm³/mol. The van der Waals surface area contributed by atoms with Gasteiger partial charge in [0.25, 0.3) is 0 Å². The number of benzene rings is 1. The van der Waals surface area contributed by atoms with Crippen LogP contribution in [0.15, 0.2) is 31.4 Å². The number of carbonyl (C=O) groups excluding carboxylic acids is 1. The molecule has 1 aromatic rings. The van der Waals surface area contributed by atoms with Crippen LogP contribution in [-0.2, 0) is 11.3 Å². The van der Waals surface area contributed by atoms with Crippen molar-refractivity contribution in [3.63, 3.8) is 0 Å². The molecule has 3 N–H and O–H groups in total. The minimum atomic E-state index is -0.937. The number of allylic oxidation sites excluding steroid dienone is 2. The fourth-order valence-corrected chi connectivity index (χ4v) is 2.03. The highest BCUT2D eigenvalue weighted by Gasteiger charge is 2.17. The molecule has 26 heavy (non-hydrogen) atoms. The third-order valence-corrected chi connectivity index (χ3v) is 3.32. The molecule has 7 heteroatoms. The third-order valence-electron chi connectivity index (χ3n) is 3.32. The molecule has 0 aliphatic rings. The van der Waals surface area contributed by atoms with Crippen LogP contribution in [0.4, 0.5) is 13.6 Å². The smallest absolute Gasteiger partial charge is 0.407 e. The van der Waals surface area contributed by atoms with E-state index >= 15 is 0 Å². The summed E-state index contributed by atoms with van der Waals surface area (Å²) in [6, 6.07) is 2.37. The summed E-state index contributed by atoms with van der Waals surface area (Å²) >= 11 is 0. The number of aliphatic hydroxyl groups excluding tert-OH is 1. The van der Waals surface area contributed by atoms with E-state index in [-0.39, 0.29) is 25.2 Å². The number of carbonyl (C=O) groups is 1. The largest absolute Gasteiger partial charge is 0.444 e. The molecule has 0 saturated carbocycles. The van der Waals surface area contributed by atoms with E-state index < -0.39 is 29.4 Å². The molecule has 1 atom stereocenters.